The maximum atomic E-state index is 11.1. The lowest BCUT2D eigenvalue weighted by Crippen LogP contribution is -2.26. The topological polar surface area (TPSA) is 81.4 Å². The summed E-state index contributed by atoms with van der Waals surface area (Å²) in [6, 6.07) is 7.70. The van der Waals surface area contributed by atoms with Crippen LogP contribution in [0.15, 0.2) is 35.2 Å². The first-order valence-electron chi connectivity index (χ1n) is 3.11. The highest BCUT2D eigenvalue weighted by atomic mass is 32.2. The number of rotatable bonds is 3. The molecule has 0 bridgehead atoms. The number of nitrogens with one attached hydrogen (secondary N) is 1. The van der Waals surface area contributed by atoms with Crippen LogP contribution in [0.3, 0.4) is 0 Å². The third-order valence-corrected chi connectivity index (χ3v) is 2.35. The Morgan fingerprint density at radius 3 is 2.33 bits per heavy atom. The largest absolute Gasteiger partial charge is 0.314 e. The van der Waals surface area contributed by atoms with Crippen LogP contribution in [0.2, 0.25) is 0 Å². The molecule has 0 amide bonds. The summed E-state index contributed by atoms with van der Waals surface area (Å²) in [4.78, 5) is 0.0583. The Morgan fingerprint density at radius 2 is 1.83 bits per heavy atom. The molecule has 5 nitrogen and oxygen atoms in total. The van der Waals surface area contributed by atoms with Crippen molar-refractivity contribution < 1.29 is 12.7 Å². The van der Waals surface area contributed by atoms with Gasteiger partial charge in [-0.05, 0) is 12.1 Å². The molecule has 0 aliphatic rings. The van der Waals surface area contributed by atoms with Crippen LogP contribution in [-0.2, 0) is 14.4 Å². The fourth-order valence-corrected chi connectivity index (χ4v) is 1.41. The van der Waals surface area contributed by atoms with Crippen LogP contribution in [0.5, 0.6) is 0 Å². The molecular weight excluding hydrogens is 180 g/mol. The van der Waals surface area contributed by atoms with Gasteiger partial charge in [0.2, 0.25) is 0 Å². The summed E-state index contributed by atoms with van der Waals surface area (Å²) < 4.78 is 26.3. The average molecular weight is 188 g/mol. The number of benzene rings is 1. The maximum Gasteiger partial charge on any atom is 0.314 e. The van der Waals surface area contributed by atoms with Crippen molar-refractivity contribution in [1.29, 1.82) is 0 Å². The molecule has 66 valence electrons. The van der Waals surface area contributed by atoms with Gasteiger partial charge in [0.05, 0.1) is 4.90 Å². The zero-order valence-electron chi connectivity index (χ0n) is 6.10. The highest BCUT2D eigenvalue weighted by Gasteiger charge is 2.13. The maximum absolute atomic E-state index is 11.1. The standard InChI is InChI=1S/C6H8N2O3S/c7-8-11-12(9,10)6-4-2-1-3-5-6/h1-5,8H,7H2. The van der Waals surface area contributed by atoms with E-state index in [0.717, 1.165) is 0 Å². The number of nitrogens with two attached hydrogens (primary N) is 1. The molecule has 0 radical (unpaired) electrons. The SMILES string of the molecule is NNOS(=O)(=O)c1ccccc1. The van der Waals surface area contributed by atoms with Gasteiger partial charge in [-0.15, -0.1) is 5.59 Å². The quantitative estimate of drug-likeness (QED) is 0.506. The van der Waals surface area contributed by atoms with Gasteiger partial charge in [-0.3, -0.25) is 0 Å². The second-order valence-corrected chi connectivity index (χ2v) is 3.51. The first-order chi connectivity index (χ1) is 5.67. The van der Waals surface area contributed by atoms with Crippen molar-refractivity contribution in [2.24, 2.45) is 5.84 Å². The van der Waals surface area contributed by atoms with Gasteiger partial charge in [0.25, 0.3) is 0 Å². The van der Waals surface area contributed by atoms with E-state index in [1.807, 2.05) is 0 Å². The van der Waals surface area contributed by atoms with Crippen molar-refractivity contribution in [2.45, 2.75) is 4.90 Å². The van der Waals surface area contributed by atoms with E-state index in [9.17, 15) is 8.42 Å². The molecule has 12 heavy (non-hydrogen) atoms. The van der Waals surface area contributed by atoms with Crippen LogP contribution in [0.4, 0.5) is 0 Å². The second kappa shape index (κ2) is 3.63. The van der Waals surface area contributed by atoms with Crippen LogP contribution in [0, 0.1) is 0 Å². The smallest absolute Gasteiger partial charge is 0.247 e. The molecule has 6 heteroatoms. The summed E-state index contributed by atoms with van der Waals surface area (Å²) in [5.74, 6) is 4.70. The summed E-state index contributed by atoms with van der Waals surface area (Å²) in [6.45, 7) is 0. The minimum Gasteiger partial charge on any atom is -0.247 e. The van der Waals surface area contributed by atoms with Crippen molar-refractivity contribution in [1.82, 2.24) is 5.59 Å². The van der Waals surface area contributed by atoms with Gasteiger partial charge in [0.15, 0.2) is 0 Å². The Bertz CT molecular complexity index is 335. The fourth-order valence-electron chi connectivity index (χ4n) is 0.699. The van der Waals surface area contributed by atoms with E-state index in [1.54, 1.807) is 23.8 Å². The average Bonchev–Trinajstić information content (AvgIpc) is 2.06. The van der Waals surface area contributed by atoms with Crippen LogP contribution >= 0.6 is 0 Å². The van der Waals surface area contributed by atoms with Gasteiger partial charge in [0.1, 0.15) is 0 Å². The summed E-state index contributed by atoms with van der Waals surface area (Å²) in [5, 5.41) is 0. The molecule has 0 saturated heterocycles. The minimum atomic E-state index is -3.75. The van der Waals surface area contributed by atoms with Crippen molar-refractivity contribution in [3.8, 4) is 0 Å². The molecule has 0 fully saturated rings. The van der Waals surface area contributed by atoms with Crippen molar-refractivity contribution >= 4 is 10.1 Å². The van der Waals surface area contributed by atoms with Gasteiger partial charge in [0, 0.05) is 0 Å². The lowest BCUT2D eigenvalue weighted by atomic mass is 10.4. The van der Waals surface area contributed by atoms with E-state index >= 15 is 0 Å². The monoisotopic (exact) mass is 188 g/mol. The molecule has 1 aromatic carbocycles. The van der Waals surface area contributed by atoms with Gasteiger partial charge < -0.3 is 0 Å². The first-order valence-corrected chi connectivity index (χ1v) is 4.52. The number of hydrazine groups is 1. The lowest BCUT2D eigenvalue weighted by molar-refractivity contribution is 0.207. The zero-order chi connectivity index (χ0) is 9.03. The van der Waals surface area contributed by atoms with E-state index in [-0.39, 0.29) is 4.90 Å². The molecule has 0 aliphatic heterocycles. The van der Waals surface area contributed by atoms with Crippen molar-refractivity contribution in [3.05, 3.63) is 30.3 Å². The van der Waals surface area contributed by atoms with E-state index in [2.05, 4.69) is 4.28 Å². The Kier molecular flexibility index (Phi) is 2.77. The lowest BCUT2D eigenvalue weighted by Gasteiger charge is -2.01. The molecule has 0 aromatic heterocycles. The van der Waals surface area contributed by atoms with Crippen LogP contribution in [0.1, 0.15) is 0 Å². The fraction of sp³-hybridized carbons (Fsp3) is 0. The highest BCUT2D eigenvalue weighted by molar-refractivity contribution is 7.86. The zero-order valence-corrected chi connectivity index (χ0v) is 6.91. The van der Waals surface area contributed by atoms with Crippen LogP contribution in [-0.4, -0.2) is 8.42 Å². The predicted molar refractivity (Wildman–Crippen MR) is 42.0 cm³/mol. The summed E-state index contributed by atoms with van der Waals surface area (Å²) in [5.41, 5.74) is 1.62. The van der Waals surface area contributed by atoms with Crippen molar-refractivity contribution in [2.75, 3.05) is 0 Å². The van der Waals surface area contributed by atoms with E-state index in [4.69, 9.17) is 5.84 Å². The first kappa shape index (κ1) is 9.14. The third-order valence-electron chi connectivity index (χ3n) is 1.19. The third kappa shape index (κ3) is 2.02. The minimum absolute atomic E-state index is 0.0583. The van der Waals surface area contributed by atoms with Gasteiger partial charge in [-0.1, -0.05) is 18.2 Å². The molecule has 0 spiro atoms. The van der Waals surface area contributed by atoms with Crippen molar-refractivity contribution in [3.63, 3.8) is 0 Å². The highest BCUT2D eigenvalue weighted by Crippen LogP contribution is 2.08. The molecule has 1 aromatic rings. The Morgan fingerprint density at radius 1 is 1.25 bits per heavy atom. The van der Waals surface area contributed by atoms with Gasteiger partial charge in [-0.25, -0.2) is 5.84 Å². The number of hydrogen-bond donors (Lipinski definition) is 2. The molecular formula is C6H8N2O3S. The van der Waals surface area contributed by atoms with E-state index < -0.39 is 10.1 Å². The Labute approximate surface area is 70.2 Å². The summed E-state index contributed by atoms with van der Waals surface area (Å²) in [7, 11) is -3.75. The van der Waals surface area contributed by atoms with E-state index in [1.165, 1.54) is 12.1 Å². The number of hydrogen-bond acceptors (Lipinski definition) is 5. The van der Waals surface area contributed by atoms with Crippen LogP contribution < -0.4 is 11.4 Å². The molecule has 3 N–H and O–H groups in total. The Hall–Kier alpha value is -0.950. The molecule has 1 rings (SSSR count). The summed E-state index contributed by atoms with van der Waals surface area (Å²) in [6.07, 6.45) is 0. The summed E-state index contributed by atoms with van der Waals surface area (Å²) >= 11 is 0. The molecule has 0 aliphatic carbocycles. The normalized spacial score (nSPS) is 11.4. The van der Waals surface area contributed by atoms with E-state index in [0.29, 0.717) is 0 Å². The molecule has 0 heterocycles. The predicted octanol–water partition coefficient (Wildman–Crippen LogP) is -0.230. The van der Waals surface area contributed by atoms with Gasteiger partial charge in [-0.2, -0.15) is 12.7 Å². The molecule has 0 unspecified atom stereocenters. The molecule has 0 saturated carbocycles. The second-order valence-electron chi connectivity index (χ2n) is 1.97. The van der Waals surface area contributed by atoms with Gasteiger partial charge >= 0.3 is 10.1 Å². The molecule has 0 atom stereocenters. The Balaban J connectivity index is 2.99. The van der Waals surface area contributed by atoms with Crippen LogP contribution in [0.25, 0.3) is 0 Å².